The minimum Gasteiger partial charge on any atom is -0.497 e. The first-order valence-corrected chi connectivity index (χ1v) is 5.49. The molecule has 0 saturated heterocycles. The van der Waals surface area contributed by atoms with Gasteiger partial charge in [-0.25, -0.2) is 9.66 Å². The van der Waals surface area contributed by atoms with Gasteiger partial charge in [0.2, 0.25) is 0 Å². The van der Waals surface area contributed by atoms with Crippen LogP contribution in [0.2, 0.25) is 0 Å². The van der Waals surface area contributed by atoms with E-state index in [1.54, 1.807) is 7.11 Å². The van der Waals surface area contributed by atoms with Crippen molar-refractivity contribution in [3.8, 4) is 5.75 Å². The van der Waals surface area contributed by atoms with E-state index >= 15 is 0 Å². The lowest BCUT2D eigenvalue weighted by atomic mass is 10.3. The van der Waals surface area contributed by atoms with Crippen LogP contribution in [0.5, 0.6) is 5.75 Å². The number of alkyl halides is 1. The summed E-state index contributed by atoms with van der Waals surface area (Å²) in [7, 11) is 5.56. The molecule has 0 unspecified atom stereocenters. The fourth-order valence-electron chi connectivity index (χ4n) is 1.75. The van der Waals surface area contributed by atoms with E-state index in [9.17, 15) is 0 Å². The minimum absolute atomic E-state index is 0.384. The Bertz CT molecular complexity index is 507. The van der Waals surface area contributed by atoms with Crippen molar-refractivity contribution in [3.05, 3.63) is 24.0 Å². The van der Waals surface area contributed by atoms with E-state index in [1.165, 1.54) is 0 Å². The van der Waals surface area contributed by atoms with Crippen molar-refractivity contribution < 1.29 is 4.74 Å². The van der Waals surface area contributed by atoms with Crippen LogP contribution in [-0.2, 0) is 5.88 Å². The van der Waals surface area contributed by atoms with E-state index in [-0.39, 0.29) is 0 Å². The van der Waals surface area contributed by atoms with Crippen LogP contribution in [0.25, 0.3) is 11.0 Å². The average molecular weight is 240 g/mol. The van der Waals surface area contributed by atoms with Gasteiger partial charge in [-0.1, -0.05) is 0 Å². The zero-order chi connectivity index (χ0) is 11.7. The highest BCUT2D eigenvalue weighted by Crippen LogP contribution is 2.22. The predicted molar refractivity (Wildman–Crippen MR) is 65.9 cm³/mol. The van der Waals surface area contributed by atoms with Gasteiger partial charge in [-0.2, -0.15) is 0 Å². The Hall–Kier alpha value is -1.42. The van der Waals surface area contributed by atoms with Crippen molar-refractivity contribution in [2.75, 3.05) is 26.2 Å². The number of hydrogen-bond acceptors (Lipinski definition) is 3. The number of benzene rings is 1. The number of hydrogen-bond donors (Lipinski definition) is 0. The van der Waals surface area contributed by atoms with Gasteiger partial charge in [0.25, 0.3) is 0 Å². The van der Waals surface area contributed by atoms with Crippen LogP contribution >= 0.6 is 11.6 Å². The van der Waals surface area contributed by atoms with Crippen molar-refractivity contribution in [2.24, 2.45) is 0 Å². The number of ether oxygens (including phenoxy) is 1. The number of aromatic nitrogens is 2. The third-order valence-electron chi connectivity index (χ3n) is 2.42. The maximum Gasteiger partial charge on any atom is 0.143 e. The zero-order valence-corrected chi connectivity index (χ0v) is 10.3. The molecule has 0 fully saturated rings. The summed E-state index contributed by atoms with van der Waals surface area (Å²) >= 11 is 5.88. The topological polar surface area (TPSA) is 30.3 Å². The highest BCUT2D eigenvalue weighted by molar-refractivity contribution is 6.16. The summed E-state index contributed by atoms with van der Waals surface area (Å²) in [5.41, 5.74) is 1.92. The molecule has 0 amide bonds. The second-order valence-electron chi connectivity index (χ2n) is 3.68. The van der Waals surface area contributed by atoms with Crippen LogP contribution < -0.4 is 9.75 Å². The number of rotatable bonds is 3. The normalized spacial score (nSPS) is 10.8. The summed E-state index contributed by atoms with van der Waals surface area (Å²) in [5, 5.41) is 1.95. The monoisotopic (exact) mass is 239 g/mol. The predicted octanol–water partition coefficient (Wildman–Crippen LogP) is 1.98. The third kappa shape index (κ3) is 1.69. The molecule has 0 spiro atoms. The molecular formula is C11H14ClN3O. The number of methoxy groups -OCH3 is 1. The van der Waals surface area contributed by atoms with Crippen molar-refractivity contribution in [2.45, 2.75) is 5.88 Å². The quantitative estimate of drug-likeness (QED) is 0.768. The molecule has 0 saturated carbocycles. The number of nitrogens with zero attached hydrogens (tertiary/aromatic N) is 3. The first kappa shape index (κ1) is 11.1. The molecule has 0 bridgehead atoms. The van der Waals surface area contributed by atoms with Crippen molar-refractivity contribution >= 4 is 22.6 Å². The molecule has 0 aliphatic carbocycles. The molecule has 4 nitrogen and oxygen atoms in total. The van der Waals surface area contributed by atoms with E-state index < -0.39 is 0 Å². The van der Waals surface area contributed by atoms with Crippen molar-refractivity contribution in [3.63, 3.8) is 0 Å². The molecule has 0 radical (unpaired) electrons. The standard InChI is InChI=1S/C11H14ClN3O/c1-14(2)15-10-6-8(16-3)4-5-9(10)13-11(15)7-12/h4-6H,7H2,1-3H3. The number of halogens is 1. The van der Waals surface area contributed by atoms with Crippen molar-refractivity contribution in [1.29, 1.82) is 0 Å². The Kier molecular flexibility index (Phi) is 2.92. The maximum absolute atomic E-state index is 5.88. The second-order valence-corrected chi connectivity index (χ2v) is 3.94. The Balaban J connectivity index is 2.70. The Morgan fingerprint density at radius 1 is 1.44 bits per heavy atom. The molecule has 1 heterocycles. The van der Waals surface area contributed by atoms with Gasteiger partial charge in [0.15, 0.2) is 0 Å². The van der Waals surface area contributed by atoms with Crippen molar-refractivity contribution in [1.82, 2.24) is 9.66 Å². The first-order chi connectivity index (χ1) is 7.67. The van der Waals surface area contributed by atoms with Gasteiger partial charge in [0.1, 0.15) is 11.6 Å². The molecular weight excluding hydrogens is 226 g/mol. The summed E-state index contributed by atoms with van der Waals surface area (Å²) in [6, 6.07) is 5.79. The van der Waals surface area contributed by atoms with Crippen LogP contribution in [0.4, 0.5) is 0 Å². The number of fused-ring (bicyclic) bond motifs is 1. The molecule has 0 aliphatic rings. The first-order valence-electron chi connectivity index (χ1n) is 4.96. The molecule has 1 aromatic carbocycles. The Labute approximate surface area is 99.4 Å². The second kappa shape index (κ2) is 4.22. The zero-order valence-electron chi connectivity index (χ0n) is 9.57. The van der Waals surface area contributed by atoms with Gasteiger partial charge in [-0.3, -0.25) is 0 Å². The lowest BCUT2D eigenvalue weighted by Gasteiger charge is -2.17. The van der Waals surface area contributed by atoms with Gasteiger partial charge in [-0.05, 0) is 12.1 Å². The van der Waals surface area contributed by atoms with E-state index in [0.29, 0.717) is 5.88 Å². The highest BCUT2D eigenvalue weighted by Gasteiger charge is 2.11. The summed E-state index contributed by atoms with van der Waals surface area (Å²) in [5.74, 6) is 2.03. The van der Waals surface area contributed by atoms with Gasteiger partial charge >= 0.3 is 0 Å². The molecule has 0 atom stereocenters. The molecule has 16 heavy (non-hydrogen) atoms. The molecule has 0 aliphatic heterocycles. The fourth-order valence-corrected chi connectivity index (χ4v) is 1.93. The van der Waals surface area contributed by atoms with Crippen LogP contribution in [-0.4, -0.2) is 30.9 Å². The molecule has 2 aromatic rings. The van der Waals surface area contributed by atoms with Gasteiger partial charge in [-0.15, -0.1) is 11.6 Å². The lowest BCUT2D eigenvalue weighted by Crippen LogP contribution is -2.26. The van der Waals surface area contributed by atoms with Crippen LogP contribution in [0.1, 0.15) is 5.82 Å². The van der Waals surface area contributed by atoms with E-state index in [2.05, 4.69) is 4.98 Å². The summed E-state index contributed by atoms with van der Waals surface area (Å²) in [6.07, 6.45) is 0. The van der Waals surface area contributed by atoms with Gasteiger partial charge < -0.3 is 9.75 Å². The highest BCUT2D eigenvalue weighted by atomic mass is 35.5. The fraction of sp³-hybridized carbons (Fsp3) is 0.364. The van der Waals surface area contributed by atoms with Gasteiger partial charge in [0, 0.05) is 20.2 Å². The van der Waals surface area contributed by atoms with Gasteiger partial charge in [0.05, 0.1) is 24.0 Å². The molecule has 5 heteroatoms. The van der Waals surface area contributed by atoms with Crippen LogP contribution in [0.3, 0.4) is 0 Å². The smallest absolute Gasteiger partial charge is 0.143 e. The lowest BCUT2D eigenvalue weighted by molar-refractivity contribution is 0.415. The Morgan fingerprint density at radius 3 is 2.75 bits per heavy atom. The maximum atomic E-state index is 5.88. The molecule has 1 aromatic heterocycles. The minimum atomic E-state index is 0.384. The average Bonchev–Trinajstić information content (AvgIpc) is 2.65. The summed E-state index contributed by atoms with van der Waals surface area (Å²) in [6.45, 7) is 0. The van der Waals surface area contributed by atoms with E-state index in [0.717, 1.165) is 22.6 Å². The summed E-state index contributed by atoms with van der Waals surface area (Å²) in [4.78, 5) is 4.46. The Morgan fingerprint density at radius 2 is 2.19 bits per heavy atom. The van der Waals surface area contributed by atoms with E-state index in [1.807, 2.05) is 42.0 Å². The van der Waals surface area contributed by atoms with E-state index in [4.69, 9.17) is 16.3 Å². The van der Waals surface area contributed by atoms with Crippen LogP contribution in [0, 0.1) is 0 Å². The molecule has 2 rings (SSSR count). The largest absolute Gasteiger partial charge is 0.497 e. The summed E-state index contributed by atoms with van der Waals surface area (Å²) < 4.78 is 7.18. The number of imidazole rings is 1. The third-order valence-corrected chi connectivity index (χ3v) is 2.66. The van der Waals surface area contributed by atoms with Crippen LogP contribution in [0.15, 0.2) is 18.2 Å². The SMILES string of the molecule is COc1ccc2nc(CCl)n(N(C)C)c2c1. The molecule has 0 N–H and O–H groups in total. The molecule has 86 valence electrons.